The molecule has 9 heavy (non-hydrogen) atoms. The molecule has 0 fully saturated rings. The van der Waals surface area contributed by atoms with Crippen LogP contribution in [0, 0.1) is 5.92 Å². The third kappa shape index (κ3) is 1.68. The minimum atomic E-state index is -0.861. The summed E-state index contributed by atoms with van der Waals surface area (Å²) in [5.41, 5.74) is 9.67. The van der Waals surface area contributed by atoms with E-state index in [0.29, 0.717) is 0 Å². The number of hydrogen-bond acceptors (Lipinski definition) is 2. The monoisotopic (exact) mass is 130 g/mol. The van der Waals surface area contributed by atoms with Gasteiger partial charge in [-0.2, -0.15) is 0 Å². The molecule has 0 aromatic carbocycles. The fourth-order valence-electron chi connectivity index (χ4n) is 0.285. The number of rotatable bonds is 2. The number of amides is 1. The van der Waals surface area contributed by atoms with Gasteiger partial charge in [0.05, 0.1) is 5.54 Å². The Bertz CT molecular complexity index is 118. The lowest BCUT2D eigenvalue weighted by Crippen LogP contribution is -2.53. The molecule has 3 nitrogen and oxygen atoms in total. The average molecular weight is 130 g/mol. The summed E-state index contributed by atoms with van der Waals surface area (Å²) < 4.78 is 0. The molecule has 0 aliphatic rings. The van der Waals surface area contributed by atoms with Crippen LogP contribution >= 0.6 is 0 Å². The van der Waals surface area contributed by atoms with E-state index in [-0.39, 0.29) is 5.92 Å². The van der Waals surface area contributed by atoms with Gasteiger partial charge in [-0.25, -0.2) is 0 Å². The van der Waals surface area contributed by atoms with Crippen molar-refractivity contribution in [2.45, 2.75) is 26.3 Å². The van der Waals surface area contributed by atoms with E-state index in [9.17, 15) is 4.79 Å². The van der Waals surface area contributed by atoms with Gasteiger partial charge in [-0.3, -0.25) is 4.79 Å². The van der Waals surface area contributed by atoms with E-state index in [4.69, 9.17) is 11.5 Å². The summed E-state index contributed by atoms with van der Waals surface area (Å²) in [5, 5.41) is 0. The van der Waals surface area contributed by atoms with Gasteiger partial charge >= 0.3 is 0 Å². The average Bonchev–Trinajstić information content (AvgIpc) is 1.65. The number of carbonyl (C=O) groups excluding carboxylic acids is 1. The highest BCUT2D eigenvalue weighted by molar-refractivity contribution is 5.84. The summed E-state index contributed by atoms with van der Waals surface area (Å²) in [5.74, 6) is -0.354. The number of hydrogen-bond donors (Lipinski definition) is 2. The Balaban J connectivity index is 4.19. The summed E-state index contributed by atoms with van der Waals surface area (Å²) >= 11 is 0. The van der Waals surface area contributed by atoms with Crippen LogP contribution in [0.5, 0.6) is 0 Å². The summed E-state index contributed by atoms with van der Waals surface area (Å²) in [7, 11) is 0. The number of carbonyl (C=O) groups is 1. The van der Waals surface area contributed by atoms with Gasteiger partial charge in [-0.05, 0) is 12.8 Å². The van der Waals surface area contributed by atoms with Gasteiger partial charge in [-0.1, -0.05) is 13.8 Å². The van der Waals surface area contributed by atoms with E-state index >= 15 is 0 Å². The highest BCUT2D eigenvalue weighted by Gasteiger charge is 2.28. The van der Waals surface area contributed by atoms with Crippen molar-refractivity contribution in [3.8, 4) is 0 Å². The number of primary amides is 1. The first-order valence-corrected chi connectivity index (χ1v) is 2.97. The molecule has 0 aliphatic carbocycles. The molecule has 0 aliphatic heterocycles. The van der Waals surface area contributed by atoms with Crippen molar-refractivity contribution in [2.24, 2.45) is 17.4 Å². The molecular weight excluding hydrogens is 116 g/mol. The minimum Gasteiger partial charge on any atom is -0.368 e. The summed E-state index contributed by atoms with van der Waals surface area (Å²) in [6.07, 6.45) is 0. The third-order valence-corrected chi connectivity index (χ3v) is 1.73. The van der Waals surface area contributed by atoms with Gasteiger partial charge in [0.15, 0.2) is 0 Å². The molecular formula is C6H14N2O. The number of nitrogens with two attached hydrogens (primary N) is 2. The maximum Gasteiger partial charge on any atom is 0.237 e. The SMILES string of the molecule is CC(C)[C@@](C)(N)C(N)=O. The van der Waals surface area contributed by atoms with Crippen LogP contribution in [-0.4, -0.2) is 11.4 Å². The molecule has 3 heteroatoms. The highest BCUT2D eigenvalue weighted by Crippen LogP contribution is 2.10. The van der Waals surface area contributed by atoms with Crippen molar-refractivity contribution < 1.29 is 4.79 Å². The van der Waals surface area contributed by atoms with Crippen LogP contribution < -0.4 is 11.5 Å². The summed E-state index contributed by atoms with van der Waals surface area (Å²) in [6, 6.07) is 0. The van der Waals surface area contributed by atoms with Crippen LogP contribution in [0.15, 0.2) is 0 Å². The first-order chi connectivity index (χ1) is 3.89. The topological polar surface area (TPSA) is 69.1 Å². The predicted molar refractivity (Wildman–Crippen MR) is 36.6 cm³/mol. The maximum absolute atomic E-state index is 10.6. The zero-order chi connectivity index (χ0) is 7.65. The summed E-state index contributed by atoms with van der Waals surface area (Å²) in [6.45, 7) is 5.37. The Labute approximate surface area is 55.4 Å². The van der Waals surface area contributed by atoms with Gasteiger partial charge in [-0.15, -0.1) is 0 Å². The lowest BCUT2D eigenvalue weighted by atomic mass is 9.89. The van der Waals surface area contributed by atoms with Crippen LogP contribution in [0.25, 0.3) is 0 Å². The van der Waals surface area contributed by atoms with Gasteiger partial charge in [0, 0.05) is 0 Å². The molecule has 0 heterocycles. The van der Waals surface area contributed by atoms with E-state index in [2.05, 4.69) is 0 Å². The zero-order valence-corrected chi connectivity index (χ0v) is 6.14. The van der Waals surface area contributed by atoms with E-state index in [1.807, 2.05) is 13.8 Å². The van der Waals surface area contributed by atoms with Crippen LogP contribution in [0.4, 0.5) is 0 Å². The predicted octanol–water partition coefficient (Wildman–Crippen LogP) is -0.155. The second kappa shape index (κ2) is 2.35. The molecule has 0 spiro atoms. The first kappa shape index (κ1) is 8.43. The van der Waals surface area contributed by atoms with Gasteiger partial charge in [0.1, 0.15) is 0 Å². The molecule has 4 N–H and O–H groups in total. The largest absolute Gasteiger partial charge is 0.368 e. The Morgan fingerprint density at radius 1 is 1.56 bits per heavy atom. The zero-order valence-electron chi connectivity index (χ0n) is 6.14. The second-order valence-corrected chi connectivity index (χ2v) is 2.80. The molecule has 54 valence electrons. The van der Waals surface area contributed by atoms with Crippen molar-refractivity contribution >= 4 is 5.91 Å². The standard InChI is InChI=1S/C6H14N2O/c1-4(2)6(3,8)5(7)9/h4H,8H2,1-3H3,(H2,7,9)/t6-/m1/s1. The Kier molecular flexibility index (Phi) is 2.20. The maximum atomic E-state index is 10.6. The van der Waals surface area contributed by atoms with Crippen molar-refractivity contribution in [1.29, 1.82) is 0 Å². The fraction of sp³-hybridized carbons (Fsp3) is 0.833. The van der Waals surface area contributed by atoms with Crippen molar-refractivity contribution in [3.05, 3.63) is 0 Å². The molecule has 0 bridgehead atoms. The normalized spacial score (nSPS) is 17.4. The quantitative estimate of drug-likeness (QED) is 0.545. The Morgan fingerprint density at radius 3 is 1.89 bits per heavy atom. The van der Waals surface area contributed by atoms with E-state index in [1.54, 1.807) is 6.92 Å². The molecule has 0 radical (unpaired) electrons. The molecule has 0 saturated carbocycles. The molecule has 0 aromatic rings. The van der Waals surface area contributed by atoms with E-state index in [0.717, 1.165) is 0 Å². The van der Waals surface area contributed by atoms with Gasteiger partial charge in [0.2, 0.25) is 5.91 Å². The van der Waals surface area contributed by atoms with Gasteiger partial charge in [0.25, 0.3) is 0 Å². The van der Waals surface area contributed by atoms with E-state index in [1.165, 1.54) is 0 Å². The molecule has 0 saturated heterocycles. The van der Waals surface area contributed by atoms with Gasteiger partial charge < -0.3 is 11.5 Å². The van der Waals surface area contributed by atoms with E-state index < -0.39 is 11.4 Å². The second-order valence-electron chi connectivity index (χ2n) is 2.80. The minimum absolute atomic E-state index is 0.0926. The van der Waals surface area contributed by atoms with Crippen LogP contribution in [-0.2, 0) is 4.79 Å². The van der Waals surface area contributed by atoms with Crippen molar-refractivity contribution in [3.63, 3.8) is 0 Å². The molecule has 0 aromatic heterocycles. The third-order valence-electron chi connectivity index (χ3n) is 1.73. The fourth-order valence-corrected chi connectivity index (χ4v) is 0.285. The smallest absolute Gasteiger partial charge is 0.237 e. The molecule has 0 unspecified atom stereocenters. The lowest BCUT2D eigenvalue weighted by molar-refractivity contribution is -0.123. The van der Waals surface area contributed by atoms with Crippen LogP contribution in [0.1, 0.15) is 20.8 Å². The van der Waals surface area contributed by atoms with Crippen LogP contribution in [0.3, 0.4) is 0 Å². The van der Waals surface area contributed by atoms with Crippen LogP contribution in [0.2, 0.25) is 0 Å². The highest BCUT2D eigenvalue weighted by atomic mass is 16.1. The Hall–Kier alpha value is -0.570. The lowest BCUT2D eigenvalue weighted by Gasteiger charge is -2.24. The summed E-state index contributed by atoms with van der Waals surface area (Å²) in [4.78, 5) is 10.6. The first-order valence-electron chi connectivity index (χ1n) is 2.97. The van der Waals surface area contributed by atoms with Crippen molar-refractivity contribution in [2.75, 3.05) is 0 Å². The molecule has 1 amide bonds. The Morgan fingerprint density at radius 2 is 1.89 bits per heavy atom. The molecule has 0 rings (SSSR count). The molecule has 1 atom stereocenters. The van der Waals surface area contributed by atoms with Crippen molar-refractivity contribution in [1.82, 2.24) is 0 Å².